The molecule has 0 fully saturated rings. The molecule has 5 nitrogen and oxygen atoms in total. The van der Waals surface area contributed by atoms with Crippen LogP contribution in [0.3, 0.4) is 0 Å². The number of hydrogen-bond acceptors (Lipinski definition) is 4. The van der Waals surface area contributed by atoms with E-state index in [4.69, 9.17) is 11.5 Å². The van der Waals surface area contributed by atoms with Crippen LogP contribution in [0.1, 0.15) is 34.1 Å². The van der Waals surface area contributed by atoms with E-state index in [0.717, 1.165) is 29.7 Å². The fourth-order valence-electron chi connectivity index (χ4n) is 2.28. The number of fused-ring (bicyclic) bond motifs is 1. The summed E-state index contributed by atoms with van der Waals surface area (Å²) in [4.78, 5) is 24.1. The van der Waals surface area contributed by atoms with Gasteiger partial charge in [0.2, 0.25) is 5.91 Å². The fraction of sp³-hybridized carbons (Fsp3) is 0.500. The van der Waals surface area contributed by atoms with Crippen LogP contribution in [0, 0.1) is 5.92 Å². The number of hydrogen-bond donors (Lipinski definition) is 3. The lowest BCUT2D eigenvalue weighted by atomic mass is 9.88. The number of nitrogens with two attached hydrogens (primary N) is 2. The van der Waals surface area contributed by atoms with Gasteiger partial charge in [0.25, 0.3) is 5.91 Å². The van der Waals surface area contributed by atoms with Gasteiger partial charge in [-0.1, -0.05) is 6.92 Å². The maximum absolute atomic E-state index is 11.6. The molecule has 1 aliphatic rings. The van der Waals surface area contributed by atoms with E-state index in [2.05, 4.69) is 12.2 Å². The van der Waals surface area contributed by atoms with E-state index in [9.17, 15) is 9.59 Å². The van der Waals surface area contributed by atoms with Crippen molar-refractivity contribution in [3.63, 3.8) is 0 Å². The number of halogens is 1. The lowest BCUT2D eigenvalue weighted by Crippen LogP contribution is -2.23. The Morgan fingerprint density at radius 2 is 2.16 bits per heavy atom. The maximum Gasteiger partial charge on any atom is 0.251 e. The van der Waals surface area contributed by atoms with Gasteiger partial charge < -0.3 is 16.8 Å². The summed E-state index contributed by atoms with van der Waals surface area (Å²) in [6, 6.07) is 0. The van der Waals surface area contributed by atoms with Gasteiger partial charge in [0.15, 0.2) is 0 Å². The first-order valence-electron chi connectivity index (χ1n) is 5.97. The number of thiophene rings is 1. The number of nitrogens with one attached hydrogen (secondary N) is 1. The molecule has 0 saturated carbocycles. The maximum atomic E-state index is 11.6. The minimum atomic E-state index is -0.477. The Labute approximate surface area is 122 Å². The van der Waals surface area contributed by atoms with Crippen LogP contribution in [0.25, 0.3) is 0 Å². The molecule has 1 unspecified atom stereocenters. The van der Waals surface area contributed by atoms with E-state index in [1.165, 1.54) is 11.3 Å². The molecular weight excluding hydrogens is 286 g/mol. The van der Waals surface area contributed by atoms with Crippen LogP contribution in [0.4, 0.5) is 5.00 Å². The molecule has 7 heteroatoms. The van der Waals surface area contributed by atoms with Gasteiger partial charge in [-0.3, -0.25) is 9.59 Å². The Morgan fingerprint density at radius 3 is 2.74 bits per heavy atom. The van der Waals surface area contributed by atoms with Gasteiger partial charge in [-0.2, -0.15) is 0 Å². The van der Waals surface area contributed by atoms with Crippen molar-refractivity contribution in [2.75, 3.05) is 11.9 Å². The molecule has 0 saturated heterocycles. The zero-order valence-corrected chi connectivity index (χ0v) is 12.3. The van der Waals surface area contributed by atoms with Crippen molar-refractivity contribution in [3.8, 4) is 0 Å². The summed E-state index contributed by atoms with van der Waals surface area (Å²) in [7, 11) is 0. The summed E-state index contributed by atoms with van der Waals surface area (Å²) in [6.45, 7) is 2.09. The van der Waals surface area contributed by atoms with Gasteiger partial charge in [0, 0.05) is 4.88 Å². The standard InChI is InChI=1S/C12H17N3O2S.ClH/c1-6-2-3-7-8(4-6)18-12(10(7)11(14)17)15-9(16)5-13;/h6H,2-5,13H2,1H3,(H2,14,17)(H,15,16);1H. The van der Waals surface area contributed by atoms with Crippen LogP contribution in [0.2, 0.25) is 0 Å². The first-order chi connectivity index (χ1) is 8.52. The van der Waals surface area contributed by atoms with Crippen molar-refractivity contribution in [3.05, 3.63) is 16.0 Å². The Morgan fingerprint density at radius 1 is 1.47 bits per heavy atom. The van der Waals surface area contributed by atoms with E-state index in [1.54, 1.807) is 0 Å². The monoisotopic (exact) mass is 303 g/mol. The van der Waals surface area contributed by atoms with Crippen molar-refractivity contribution in [2.45, 2.75) is 26.2 Å². The van der Waals surface area contributed by atoms with Gasteiger partial charge in [-0.25, -0.2) is 0 Å². The third kappa shape index (κ3) is 3.26. The van der Waals surface area contributed by atoms with Gasteiger partial charge >= 0.3 is 0 Å². The molecule has 0 bridgehead atoms. The van der Waals surface area contributed by atoms with Crippen LogP contribution in [0.5, 0.6) is 0 Å². The van der Waals surface area contributed by atoms with Gasteiger partial charge in [0.05, 0.1) is 12.1 Å². The molecule has 1 heterocycles. The third-order valence-electron chi connectivity index (χ3n) is 3.20. The molecule has 1 aromatic heterocycles. The molecule has 2 amide bonds. The van der Waals surface area contributed by atoms with Crippen LogP contribution in [-0.4, -0.2) is 18.4 Å². The van der Waals surface area contributed by atoms with E-state index in [-0.39, 0.29) is 24.9 Å². The second-order valence-electron chi connectivity index (χ2n) is 4.67. The SMILES string of the molecule is CC1CCc2c(sc(NC(=O)CN)c2C(N)=O)C1.Cl. The van der Waals surface area contributed by atoms with E-state index < -0.39 is 5.91 Å². The Balaban J connectivity index is 0.00000180. The minimum absolute atomic E-state index is 0. The zero-order valence-electron chi connectivity index (χ0n) is 10.7. The fourth-order valence-corrected chi connectivity index (χ4v) is 3.71. The normalized spacial score (nSPS) is 17.3. The molecule has 1 atom stereocenters. The molecule has 0 aliphatic heterocycles. The average molecular weight is 304 g/mol. The second kappa shape index (κ2) is 6.36. The predicted molar refractivity (Wildman–Crippen MR) is 79.0 cm³/mol. The lowest BCUT2D eigenvalue weighted by molar-refractivity contribution is -0.114. The Hall–Kier alpha value is -1.11. The first-order valence-corrected chi connectivity index (χ1v) is 6.78. The molecule has 0 radical (unpaired) electrons. The van der Waals surface area contributed by atoms with E-state index in [1.807, 2.05) is 0 Å². The molecule has 1 aromatic rings. The summed E-state index contributed by atoms with van der Waals surface area (Å²) in [5, 5.41) is 3.22. The first kappa shape index (κ1) is 15.9. The number of primary amides is 1. The highest BCUT2D eigenvalue weighted by Gasteiger charge is 2.26. The second-order valence-corrected chi connectivity index (χ2v) is 5.78. The minimum Gasteiger partial charge on any atom is -0.365 e. The average Bonchev–Trinajstić information content (AvgIpc) is 2.65. The highest BCUT2D eigenvalue weighted by atomic mass is 35.5. The van der Waals surface area contributed by atoms with Gasteiger partial charge in [0.1, 0.15) is 5.00 Å². The topological polar surface area (TPSA) is 98.2 Å². The smallest absolute Gasteiger partial charge is 0.251 e. The predicted octanol–water partition coefficient (Wildman–Crippen LogP) is 1.29. The zero-order chi connectivity index (χ0) is 13.3. The van der Waals surface area contributed by atoms with E-state index >= 15 is 0 Å². The summed E-state index contributed by atoms with van der Waals surface area (Å²) in [5.41, 5.74) is 12.2. The Bertz CT molecular complexity index is 501. The molecule has 2 rings (SSSR count). The molecular formula is C12H18ClN3O2S. The number of rotatable bonds is 3. The number of carbonyl (C=O) groups is 2. The Kier molecular flexibility index (Phi) is 5.34. The lowest BCUT2D eigenvalue weighted by Gasteiger charge is -2.18. The van der Waals surface area contributed by atoms with Crippen LogP contribution in [-0.2, 0) is 17.6 Å². The van der Waals surface area contributed by atoms with Crippen molar-refractivity contribution >= 4 is 40.6 Å². The van der Waals surface area contributed by atoms with Crippen LogP contribution >= 0.6 is 23.7 Å². The summed E-state index contributed by atoms with van der Waals surface area (Å²) in [6.07, 6.45) is 2.84. The van der Waals surface area contributed by atoms with Gasteiger partial charge in [-0.05, 0) is 30.7 Å². The highest BCUT2D eigenvalue weighted by Crippen LogP contribution is 2.39. The van der Waals surface area contributed by atoms with Crippen molar-refractivity contribution in [1.82, 2.24) is 0 Å². The molecule has 1 aliphatic carbocycles. The van der Waals surface area contributed by atoms with Crippen LogP contribution < -0.4 is 16.8 Å². The quantitative estimate of drug-likeness (QED) is 0.784. The molecule has 5 N–H and O–H groups in total. The molecule has 106 valence electrons. The summed E-state index contributed by atoms with van der Waals surface area (Å²) < 4.78 is 0. The summed E-state index contributed by atoms with van der Waals surface area (Å²) >= 11 is 1.45. The third-order valence-corrected chi connectivity index (χ3v) is 4.37. The largest absolute Gasteiger partial charge is 0.365 e. The number of amides is 2. The van der Waals surface area contributed by atoms with Crippen molar-refractivity contribution in [2.24, 2.45) is 17.4 Å². The van der Waals surface area contributed by atoms with Crippen LogP contribution in [0.15, 0.2) is 0 Å². The number of carbonyl (C=O) groups excluding carboxylic acids is 2. The molecule has 0 aromatic carbocycles. The van der Waals surface area contributed by atoms with Gasteiger partial charge in [-0.15, -0.1) is 23.7 Å². The van der Waals surface area contributed by atoms with E-state index in [0.29, 0.717) is 16.5 Å². The molecule has 0 spiro atoms. The molecule has 19 heavy (non-hydrogen) atoms. The van der Waals surface area contributed by atoms with Crippen molar-refractivity contribution < 1.29 is 9.59 Å². The number of anilines is 1. The van der Waals surface area contributed by atoms with Crippen molar-refractivity contribution in [1.29, 1.82) is 0 Å². The summed E-state index contributed by atoms with van der Waals surface area (Å²) in [5.74, 6) is -0.173. The highest BCUT2D eigenvalue weighted by molar-refractivity contribution is 7.17.